The number of nitrogen functional groups attached to an aromatic ring is 1. The van der Waals surface area contributed by atoms with Crippen molar-refractivity contribution in [1.29, 1.82) is 0 Å². The Morgan fingerprint density at radius 3 is 2.68 bits per heavy atom. The zero-order valence-electron chi connectivity index (χ0n) is 13.5. The van der Waals surface area contributed by atoms with Crippen molar-refractivity contribution in [1.82, 2.24) is 9.97 Å². The molecule has 7 heteroatoms. The molecule has 1 amide bonds. The second kappa shape index (κ2) is 6.88. The number of nitrogens with two attached hydrogens (primary N) is 1. The van der Waals surface area contributed by atoms with E-state index in [0.717, 1.165) is 16.8 Å². The molecule has 25 heavy (non-hydrogen) atoms. The number of hydrogen-bond donors (Lipinski definition) is 4. The number of anilines is 4. The van der Waals surface area contributed by atoms with E-state index in [-0.39, 0.29) is 0 Å². The first-order valence-corrected chi connectivity index (χ1v) is 7.57. The van der Waals surface area contributed by atoms with Crippen LogP contribution in [0.15, 0.2) is 54.9 Å². The highest BCUT2D eigenvalue weighted by atomic mass is 16.4. The molecule has 5 N–H and O–H groups in total. The molecule has 0 aliphatic carbocycles. The molecule has 3 rings (SSSR count). The van der Waals surface area contributed by atoms with Crippen molar-refractivity contribution in [3.63, 3.8) is 0 Å². The third-order valence-electron chi connectivity index (χ3n) is 3.63. The molecule has 2 aromatic carbocycles. The fraction of sp³-hybridized carbons (Fsp3) is 0.0556. The van der Waals surface area contributed by atoms with Crippen LogP contribution in [0.3, 0.4) is 0 Å². The van der Waals surface area contributed by atoms with Crippen LogP contribution < -0.4 is 16.4 Å². The molecule has 0 spiro atoms. The number of carboxylic acid groups (broad SMARTS) is 1. The van der Waals surface area contributed by atoms with Gasteiger partial charge in [-0.1, -0.05) is 18.2 Å². The quantitative estimate of drug-likeness (QED) is 0.538. The number of aromatic nitrogens is 2. The van der Waals surface area contributed by atoms with E-state index in [1.165, 1.54) is 6.33 Å². The lowest BCUT2D eigenvalue weighted by Gasteiger charge is -2.09. The largest absolute Gasteiger partial charge is 0.465 e. The Kier molecular flexibility index (Phi) is 4.47. The molecule has 0 atom stereocenters. The first-order valence-electron chi connectivity index (χ1n) is 7.57. The lowest BCUT2D eigenvalue weighted by Crippen LogP contribution is -2.07. The van der Waals surface area contributed by atoms with Gasteiger partial charge in [-0.2, -0.15) is 0 Å². The summed E-state index contributed by atoms with van der Waals surface area (Å²) in [6.07, 6.45) is 0.339. The SMILES string of the molecule is Cc1ccc(Nc2cc(-c3cccc(NC(=O)O)c3)ncn2)cc1N. The van der Waals surface area contributed by atoms with Crippen LogP contribution in [0.4, 0.5) is 27.7 Å². The minimum Gasteiger partial charge on any atom is -0.465 e. The average molecular weight is 335 g/mol. The fourth-order valence-electron chi connectivity index (χ4n) is 2.33. The van der Waals surface area contributed by atoms with Crippen LogP contribution in [0.2, 0.25) is 0 Å². The van der Waals surface area contributed by atoms with Crippen molar-refractivity contribution >= 4 is 29.0 Å². The zero-order chi connectivity index (χ0) is 17.8. The summed E-state index contributed by atoms with van der Waals surface area (Å²) in [5.41, 5.74) is 10.4. The van der Waals surface area contributed by atoms with Crippen LogP contribution in [0, 0.1) is 6.92 Å². The van der Waals surface area contributed by atoms with E-state index in [4.69, 9.17) is 10.8 Å². The van der Waals surface area contributed by atoms with Crippen LogP contribution in [0.1, 0.15) is 5.56 Å². The van der Waals surface area contributed by atoms with Crippen LogP contribution in [0.5, 0.6) is 0 Å². The van der Waals surface area contributed by atoms with E-state index in [0.29, 0.717) is 22.9 Å². The summed E-state index contributed by atoms with van der Waals surface area (Å²) in [6, 6.07) is 14.5. The molecule has 7 nitrogen and oxygen atoms in total. The Balaban J connectivity index is 1.86. The molecule has 1 heterocycles. The number of aryl methyl sites for hydroxylation is 1. The molecule has 0 aliphatic heterocycles. The minimum absolute atomic E-state index is 0.476. The molecular weight excluding hydrogens is 318 g/mol. The molecular formula is C18H17N5O2. The normalized spacial score (nSPS) is 10.3. The summed E-state index contributed by atoms with van der Waals surface area (Å²) in [6.45, 7) is 1.94. The Morgan fingerprint density at radius 1 is 1.08 bits per heavy atom. The molecule has 3 aromatic rings. The molecule has 0 aliphatic rings. The van der Waals surface area contributed by atoms with E-state index in [9.17, 15) is 4.79 Å². The first-order chi connectivity index (χ1) is 12.0. The summed E-state index contributed by atoms with van der Waals surface area (Å²) in [7, 11) is 0. The van der Waals surface area contributed by atoms with Gasteiger partial charge in [-0.15, -0.1) is 0 Å². The Labute approximate surface area is 144 Å². The van der Waals surface area contributed by atoms with Crippen LogP contribution in [0.25, 0.3) is 11.3 Å². The van der Waals surface area contributed by atoms with Gasteiger partial charge in [0.1, 0.15) is 12.1 Å². The van der Waals surface area contributed by atoms with E-state index < -0.39 is 6.09 Å². The third-order valence-corrected chi connectivity index (χ3v) is 3.63. The molecule has 0 radical (unpaired) electrons. The maximum absolute atomic E-state index is 10.8. The maximum atomic E-state index is 10.8. The van der Waals surface area contributed by atoms with Crippen molar-refractivity contribution < 1.29 is 9.90 Å². The fourth-order valence-corrected chi connectivity index (χ4v) is 2.33. The first kappa shape index (κ1) is 16.3. The van der Waals surface area contributed by atoms with Crippen molar-refractivity contribution in [2.24, 2.45) is 0 Å². The number of benzene rings is 2. The minimum atomic E-state index is -1.11. The molecule has 0 saturated carbocycles. The monoisotopic (exact) mass is 335 g/mol. The molecule has 0 unspecified atom stereocenters. The topological polar surface area (TPSA) is 113 Å². The van der Waals surface area contributed by atoms with Crippen LogP contribution in [-0.4, -0.2) is 21.2 Å². The van der Waals surface area contributed by atoms with Crippen molar-refractivity contribution in [3.8, 4) is 11.3 Å². The number of amides is 1. The maximum Gasteiger partial charge on any atom is 0.409 e. The van der Waals surface area contributed by atoms with Gasteiger partial charge in [0.25, 0.3) is 0 Å². The highest BCUT2D eigenvalue weighted by Gasteiger charge is 2.05. The molecule has 0 saturated heterocycles. The lowest BCUT2D eigenvalue weighted by molar-refractivity contribution is 0.210. The number of carbonyl (C=O) groups is 1. The second-order valence-corrected chi connectivity index (χ2v) is 5.50. The predicted molar refractivity (Wildman–Crippen MR) is 98.0 cm³/mol. The number of rotatable bonds is 4. The molecule has 126 valence electrons. The van der Waals surface area contributed by atoms with Crippen molar-refractivity contribution in [3.05, 3.63) is 60.4 Å². The Morgan fingerprint density at radius 2 is 1.92 bits per heavy atom. The summed E-state index contributed by atoms with van der Waals surface area (Å²) in [4.78, 5) is 19.2. The van der Waals surface area contributed by atoms with Gasteiger partial charge >= 0.3 is 6.09 Å². The van der Waals surface area contributed by atoms with Gasteiger partial charge in [-0.25, -0.2) is 14.8 Å². The predicted octanol–water partition coefficient (Wildman–Crippen LogP) is 3.87. The summed E-state index contributed by atoms with van der Waals surface area (Å²) < 4.78 is 0. The highest BCUT2D eigenvalue weighted by molar-refractivity contribution is 5.84. The Bertz CT molecular complexity index is 927. The highest BCUT2D eigenvalue weighted by Crippen LogP contribution is 2.24. The summed E-state index contributed by atoms with van der Waals surface area (Å²) >= 11 is 0. The third kappa shape index (κ3) is 4.03. The van der Waals surface area contributed by atoms with Gasteiger partial charge in [-0.05, 0) is 36.8 Å². The number of hydrogen-bond acceptors (Lipinski definition) is 5. The number of nitrogens with zero attached hydrogens (tertiary/aromatic N) is 2. The second-order valence-electron chi connectivity index (χ2n) is 5.50. The van der Waals surface area contributed by atoms with Crippen LogP contribution in [-0.2, 0) is 0 Å². The number of nitrogens with one attached hydrogen (secondary N) is 2. The molecule has 0 bridgehead atoms. The van der Waals surface area contributed by atoms with Crippen molar-refractivity contribution in [2.45, 2.75) is 6.92 Å². The van der Waals surface area contributed by atoms with E-state index in [1.807, 2.05) is 31.2 Å². The molecule has 0 fully saturated rings. The van der Waals surface area contributed by atoms with Gasteiger partial charge in [0, 0.05) is 28.7 Å². The van der Waals surface area contributed by atoms with E-state index >= 15 is 0 Å². The van der Waals surface area contributed by atoms with Gasteiger partial charge < -0.3 is 16.2 Å². The van der Waals surface area contributed by atoms with Gasteiger partial charge in [0.05, 0.1) is 5.69 Å². The van der Waals surface area contributed by atoms with Gasteiger partial charge in [0.15, 0.2) is 0 Å². The van der Waals surface area contributed by atoms with Crippen molar-refractivity contribution in [2.75, 3.05) is 16.4 Å². The Hall–Kier alpha value is -3.61. The van der Waals surface area contributed by atoms with E-state index in [2.05, 4.69) is 20.6 Å². The lowest BCUT2D eigenvalue weighted by atomic mass is 10.1. The zero-order valence-corrected chi connectivity index (χ0v) is 13.5. The summed E-state index contributed by atoms with van der Waals surface area (Å²) in [5, 5.41) is 14.3. The smallest absolute Gasteiger partial charge is 0.409 e. The average Bonchev–Trinajstić information content (AvgIpc) is 2.58. The van der Waals surface area contributed by atoms with Gasteiger partial charge in [-0.3, -0.25) is 5.32 Å². The van der Waals surface area contributed by atoms with Crippen LogP contribution >= 0.6 is 0 Å². The summed E-state index contributed by atoms with van der Waals surface area (Å²) in [5.74, 6) is 0.616. The van der Waals surface area contributed by atoms with E-state index in [1.54, 1.807) is 24.3 Å². The van der Waals surface area contributed by atoms with Gasteiger partial charge in [0.2, 0.25) is 0 Å². The standard InChI is InChI=1S/C18H17N5O2/c1-11-5-6-14(8-15(11)19)22-17-9-16(20-10-21-17)12-3-2-4-13(7-12)23-18(24)25/h2-10,23H,19H2,1H3,(H,24,25)(H,20,21,22). The molecule has 1 aromatic heterocycles.